The van der Waals surface area contributed by atoms with Crippen molar-refractivity contribution in [3.8, 4) is 5.75 Å². The Bertz CT molecular complexity index is 557. The first-order valence-corrected chi connectivity index (χ1v) is 7.96. The molecule has 1 aromatic carbocycles. The highest BCUT2D eigenvalue weighted by atomic mass is 32.2. The minimum atomic E-state index is -3.48. The van der Waals surface area contributed by atoms with Crippen molar-refractivity contribution in [2.24, 2.45) is 5.73 Å². The van der Waals surface area contributed by atoms with Gasteiger partial charge in [0.2, 0.25) is 5.91 Å². The number of carbonyl (C=O) groups excluding carboxylic acids is 1. The maximum atomic E-state index is 11.9. The molecule has 1 rings (SSSR count). The second-order valence-electron chi connectivity index (χ2n) is 4.48. The van der Waals surface area contributed by atoms with Gasteiger partial charge in [-0.3, -0.25) is 4.79 Å². The second kappa shape index (κ2) is 7.25. The van der Waals surface area contributed by atoms with Crippen LogP contribution in [-0.2, 0) is 14.6 Å². The third-order valence-electron chi connectivity index (χ3n) is 2.87. The molecule has 0 bridgehead atoms. The number of amides is 1. The van der Waals surface area contributed by atoms with Crippen LogP contribution in [0.2, 0.25) is 0 Å². The van der Waals surface area contributed by atoms with Gasteiger partial charge in [0, 0.05) is 11.8 Å². The van der Waals surface area contributed by atoms with Crippen LogP contribution in [0.5, 0.6) is 5.75 Å². The number of carbonyl (C=O) groups is 1. The largest absolute Gasteiger partial charge is 0.497 e. The summed E-state index contributed by atoms with van der Waals surface area (Å²) in [6.45, 7) is 1.83. The van der Waals surface area contributed by atoms with Crippen molar-refractivity contribution in [2.45, 2.75) is 18.6 Å². The van der Waals surface area contributed by atoms with Gasteiger partial charge in [-0.15, -0.1) is 0 Å². The summed E-state index contributed by atoms with van der Waals surface area (Å²) < 4.78 is 28.8. The Labute approximate surface area is 119 Å². The van der Waals surface area contributed by atoms with Crippen molar-refractivity contribution in [3.63, 3.8) is 0 Å². The summed E-state index contributed by atoms with van der Waals surface area (Å²) in [4.78, 5) is 11.8. The molecule has 1 atom stereocenters. The summed E-state index contributed by atoms with van der Waals surface area (Å²) in [6.07, 6.45) is 0.342. The molecule has 0 aliphatic carbocycles. The van der Waals surface area contributed by atoms with E-state index < -0.39 is 26.7 Å². The highest BCUT2D eigenvalue weighted by molar-refractivity contribution is 7.92. The summed E-state index contributed by atoms with van der Waals surface area (Å²) in [5.74, 6) is -0.532. The number of sulfone groups is 1. The van der Waals surface area contributed by atoms with Gasteiger partial charge in [-0.2, -0.15) is 0 Å². The van der Waals surface area contributed by atoms with Crippen LogP contribution in [0.15, 0.2) is 24.3 Å². The van der Waals surface area contributed by atoms with E-state index in [2.05, 4.69) is 5.32 Å². The summed E-state index contributed by atoms with van der Waals surface area (Å²) >= 11 is 0. The van der Waals surface area contributed by atoms with E-state index in [1.807, 2.05) is 0 Å². The zero-order chi connectivity index (χ0) is 15.2. The molecule has 0 aromatic heterocycles. The zero-order valence-corrected chi connectivity index (χ0v) is 12.4. The van der Waals surface area contributed by atoms with E-state index in [9.17, 15) is 13.2 Å². The topological polar surface area (TPSA) is 98.5 Å². The molecule has 6 nitrogen and oxygen atoms in total. The average molecular weight is 300 g/mol. The first-order valence-electron chi connectivity index (χ1n) is 6.24. The summed E-state index contributed by atoms with van der Waals surface area (Å²) in [7, 11) is -1.97. The van der Waals surface area contributed by atoms with E-state index in [0.717, 1.165) is 0 Å². The maximum Gasteiger partial charge on any atom is 0.239 e. The van der Waals surface area contributed by atoms with Crippen LogP contribution in [0.4, 0.5) is 5.69 Å². The Morgan fingerprint density at radius 1 is 1.45 bits per heavy atom. The predicted molar refractivity (Wildman–Crippen MR) is 78.5 cm³/mol. The molecule has 20 heavy (non-hydrogen) atoms. The lowest BCUT2D eigenvalue weighted by atomic mass is 10.3. The number of nitrogens with two attached hydrogens (primary N) is 1. The van der Waals surface area contributed by atoms with Crippen molar-refractivity contribution in [1.82, 2.24) is 0 Å². The van der Waals surface area contributed by atoms with E-state index in [1.165, 1.54) is 7.11 Å². The lowest BCUT2D eigenvalue weighted by Crippen LogP contribution is -2.30. The Morgan fingerprint density at radius 2 is 2.15 bits per heavy atom. The summed E-state index contributed by atoms with van der Waals surface area (Å²) in [6, 6.07) is 6.72. The Balaban J connectivity index is 2.67. The molecular formula is C13H20N2O4S. The van der Waals surface area contributed by atoms with Crippen molar-refractivity contribution in [1.29, 1.82) is 0 Å². The SMILES string of the molecule is COc1cccc(NC(=O)CS(=O)(=O)C(C)CCN)c1. The van der Waals surface area contributed by atoms with Crippen molar-refractivity contribution in [2.75, 3.05) is 24.7 Å². The van der Waals surface area contributed by atoms with Gasteiger partial charge in [0.1, 0.15) is 11.5 Å². The standard InChI is InChI=1S/C13H20N2O4S/c1-10(6-7-14)20(17,18)9-13(16)15-11-4-3-5-12(8-11)19-2/h3-5,8,10H,6-7,9,14H2,1-2H3,(H,15,16). The van der Waals surface area contributed by atoms with Crippen LogP contribution in [0.3, 0.4) is 0 Å². The number of anilines is 1. The third kappa shape index (κ3) is 4.82. The summed E-state index contributed by atoms with van der Waals surface area (Å²) in [5, 5.41) is 1.92. The molecule has 1 amide bonds. The quantitative estimate of drug-likeness (QED) is 0.775. The molecule has 0 radical (unpaired) electrons. The first kappa shape index (κ1) is 16.5. The van der Waals surface area contributed by atoms with Crippen LogP contribution in [-0.4, -0.2) is 39.0 Å². The molecule has 0 aliphatic heterocycles. The van der Waals surface area contributed by atoms with Gasteiger partial charge in [0.25, 0.3) is 0 Å². The van der Waals surface area contributed by atoms with Crippen molar-refractivity contribution < 1.29 is 17.9 Å². The first-order chi connectivity index (χ1) is 9.39. The van der Waals surface area contributed by atoms with Gasteiger partial charge in [-0.05, 0) is 32.0 Å². The molecule has 0 heterocycles. The van der Waals surface area contributed by atoms with Gasteiger partial charge in [-0.1, -0.05) is 6.07 Å². The Kier molecular flexibility index (Phi) is 5.97. The summed E-state index contributed by atoms with van der Waals surface area (Å²) in [5.41, 5.74) is 5.83. The molecule has 7 heteroatoms. The molecule has 3 N–H and O–H groups in total. The molecule has 1 aromatic rings. The lowest BCUT2D eigenvalue weighted by Gasteiger charge is -2.12. The van der Waals surface area contributed by atoms with Gasteiger partial charge in [0.05, 0.1) is 12.4 Å². The second-order valence-corrected chi connectivity index (χ2v) is 6.89. The molecule has 0 spiro atoms. The van der Waals surface area contributed by atoms with Gasteiger partial charge < -0.3 is 15.8 Å². The number of benzene rings is 1. The number of hydrogen-bond acceptors (Lipinski definition) is 5. The molecule has 1 unspecified atom stereocenters. The fourth-order valence-corrected chi connectivity index (χ4v) is 2.85. The van der Waals surface area contributed by atoms with E-state index in [4.69, 9.17) is 10.5 Å². The fraction of sp³-hybridized carbons (Fsp3) is 0.462. The Morgan fingerprint density at radius 3 is 2.75 bits per heavy atom. The number of nitrogens with one attached hydrogen (secondary N) is 1. The molecule has 0 saturated carbocycles. The molecular weight excluding hydrogens is 280 g/mol. The smallest absolute Gasteiger partial charge is 0.239 e. The van der Waals surface area contributed by atoms with Gasteiger partial charge >= 0.3 is 0 Å². The molecule has 0 fully saturated rings. The maximum absolute atomic E-state index is 11.9. The zero-order valence-electron chi connectivity index (χ0n) is 11.6. The van der Waals surface area contributed by atoms with Crippen LogP contribution in [0.25, 0.3) is 0 Å². The van der Waals surface area contributed by atoms with Crippen molar-refractivity contribution in [3.05, 3.63) is 24.3 Å². The van der Waals surface area contributed by atoms with Gasteiger partial charge in [0.15, 0.2) is 9.84 Å². The number of methoxy groups -OCH3 is 1. The molecule has 112 valence electrons. The normalized spacial score (nSPS) is 12.8. The van der Waals surface area contributed by atoms with Crippen molar-refractivity contribution >= 4 is 21.4 Å². The fourth-order valence-electron chi connectivity index (χ4n) is 1.64. The highest BCUT2D eigenvalue weighted by Gasteiger charge is 2.23. The Hall–Kier alpha value is -1.60. The minimum absolute atomic E-state index is 0.276. The van der Waals surface area contributed by atoms with E-state index in [-0.39, 0.29) is 6.54 Å². The lowest BCUT2D eigenvalue weighted by molar-refractivity contribution is -0.113. The van der Waals surface area contributed by atoms with Crippen LogP contribution in [0.1, 0.15) is 13.3 Å². The van der Waals surface area contributed by atoms with Crippen LogP contribution in [0, 0.1) is 0 Å². The van der Waals surface area contributed by atoms with E-state index in [1.54, 1.807) is 31.2 Å². The molecule has 0 aliphatic rings. The number of rotatable bonds is 7. The average Bonchev–Trinajstić information content (AvgIpc) is 2.38. The predicted octanol–water partition coefficient (Wildman–Crippen LogP) is 0.786. The van der Waals surface area contributed by atoms with E-state index >= 15 is 0 Å². The minimum Gasteiger partial charge on any atom is -0.497 e. The van der Waals surface area contributed by atoms with Gasteiger partial charge in [-0.25, -0.2) is 8.42 Å². The monoisotopic (exact) mass is 300 g/mol. The van der Waals surface area contributed by atoms with Crippen LogP contribution < -0.4 is 15.8 Å². The highest BCUT2D eigenvalue weighted by Crippen LogP contribution is 2.17. The van der Waals surface area contributed by atoms with E-state index in [0.29, 0.717) is 17.9 Å². The van der Waals surface area contributed by atoms with Crippen LogP contribution >= 0.6 is 0 Å². The molecule has 0 saturated heterocycles. The number of ether oxygens (including phenoxy) is 1. The number of hydrogen-bond donors (Lipinski definition) is 2. The third-order valence-corrected chi connectivity index (χ3v) is 5.00.